The Labute approximate surface area is 163 Å². The summed E-state index contributed by atoms with van der Waals surface area (Å²) in [6, 6.07) is 8.61. The fourth-order valence-corrected chi connectivity index (χ4v) is 3.90. The largest absolute Gasteiger partial charge is 0.370 e. The van der Waals surface area contributed by atoms with E-state index in [2.05, 4.69) is 31.9 Å². The summed E-state index contributed by atoms with van der Waals surface area (Å²) in [5.41, 5.74) is 1.10. The van der Waals surface area contributed by atoms with Crippen molar-refractivity contribution < 1.29 is 9.13 Å². The molecule has 3 heterocycles. The molecule has 0 amide bonds. The van der Waals surface area contributed by atoms with Gasteiger partial charge in [-0.1, -0.05) is 24.3 Å². The van der Waals surface area contributed by atoms with Crippen LogP contribution >= 0.6 is 0 Å². The van der Waals surface area contributed by atoms with Gasteiger partial charge >= 0.3 is 0 Å². The molecule has 1 atom stereocenters. The normalized spacial score (nSPS) is 22.8. The second kappa shape index (κ2) is 8.05. The van der Waals surface area contributed by atoms with Crippen LogP contribution in [0.15, 0.2) is 42.7 Å². The number of hydrogen-bond donors (Lipinski definition) is 0. The predicted molar refractivity (Wildman–Crippen MR) is 104 cm³/mol. The van der Waals surface area contributed by atoms with E-state index in [9.17, 15) is 9.65 Å². The molecule has 2 aliphatic rings. The van der Waals surface area contributed by atoms with Crippen molar-refractivity contribution in [3.05, 3.63) is 59.8 Å². The third kappa shape index (κ3) is 4.03. The molecule has 2 aliphatic heterocycles. The average molecular weight is 379 g/mol. The van der Waals surface area contributed by atoms with Crippen LogP contribution in [-0.4, -0.2) is 59.8 Å². The number of hydrogen-bond acceptors (Lipinski definition) is 6. The van der Waals surface area contributed by atoms with Crippen LogP contribution in [-0.2, 0) is 4.74 Å². The van der Waals surface area contributed by atoms with Gasteiger partial charge in [-0.05, 0) is 24.1 Å². The smallest absolute Gasteiger partial charge is 0.183 e. The van der Waals surface area contributed by atoms with Gasteiger partial charge in [0.25, 0.3) is 0 Å². The van der Waals surface area contributed by atoms with Crippen molar-refractivity contribution in [3.63, 3.8) is 0 Å². The molecule has 144 valence electrons. The van der Waals surface area contributed by atoms with Gasteiger partial charge in [-0.25, -0.2) is 14.4 Å². The first kappa shape index (κ1) is 18.5. The number of ether oxygens (including phenoxy) is 1. The Balaban J connectivity index is 1.38. The van der Waals surface area contributed by atoms with E-state index in [0.717, 1.165) is 38.2 Å². The van der Waals surface area contributed by atoms with Crippen LogP contribution in [0.3, 0.4) is 0 Å². The molecule has 7 heteroatoms. The van der Waals surface area contributed by atoms with E-state index in [1.54, 1.807) is 24.5 Å². The number of halogens is 1. The summed E-state index contributed by atoms with van der Waals surface area (Å²) < 4.78 is 19.2. The molecule has 2 saturated heterocycles. The maximum absolute atomic E-state index is 13.0. The van der Waals surface area contributed by atoms with Gasteiger partial charge in [0.05, 0.1) is 6.61 Å². The quantitative estimate of drug-likeness (QED) is 0.813. The summed E-state index contributed by atoms with van der Waals surface area (Å²) in [6.07, 6.45) is 8.18. The van der Waals surface area contributed by atoms with Crippen LogP contribution in [0.2, 0.25) is 0 Å². The molecule has 0 bridgehead atoms. The first-order valence-electron chi connectivity index (χ1n) is 9.42. The maximum Gasteiger partial charge on any atom is 0.183 e. The van der Waals surface area contributed by atoms with Gasteiger partial charge in [-0.2, -0.15) is 5.26 Å². The SMILES string of the molecule is N#Cc1nccnc1N1CCC2(CN(CC=Cc3ccc(F)cc3)CCO2)C1. The molecule has 0 N–H and O–H groups in total. The topological polar surface area (TPSA) is 65.3 Å². The molecule has 2 fully saturated rings. The summed E-state index contributed by atoms with van der Waals surface area (Å²) >= 11 is 0. The van der Waals surface area contributed by atoms with Gasteiger partial charge in [-0.3, -0.25) is 4.90 Å². The van der Waals surface area contributed by atoms with E-state index in [1.165, 1.54) is 12.1 Å². The molecule has 0 saturated carbocycles. The lowest BCUT2D eigenvalue weighted by atomic mass is 10.0. The van der Waals surface area contributed by atoms with E-state index < -0.39 is 0 Å². The molecule has 4 rings (SSSR count). The summed E-state index contributed by atoms with van der Waals surface area (Å²) in [5, 5.41) is 9.28. The molecule has 28 heavy (non-hydrogen) atoms. The molecule has 0 aliphatic carbocycles. The standard InChI is InChI=1S/C21H22FN5O/c22-18-5-3-17(4-6-18)2-1-10-26-12-13-28-21(15-26)7-11-27(16-21)20-19(14-23)24-8-9-25-20/h1-6,8-9H,7,10-13,15-16H2. The second-order valence-corrected chi connectivity index (χ2v) is 7.23. The van der Waals surface area contributed by atoms with Crippen LogP contribution in [0.1, 0.15) is 17.7 Å². The van der Waals surface area contributed by atoms with Gasteiger partial charge in [0.15, 0.2) is 11.5 Å². The Morgan fingerprint density at radius 2 is 2.00 bits per heavy atom. The summed E-state index contributed by atoms with van der Waals surface area (Å²) in [7, 11) is 0. The Morgan fingerprint density at radius 1 is 1.18 bits per heavy atom. The summed E-state index contributed by atoms with van der Waals surface area (Å²) in [4.78, 5) is 12.9. The van der Waals surface area contributed by atoms with Crippen LogP contribution < -0.4 is 4.90 Å². The fraction of sp³-hybridized carbons (Fsp3) is 0.381. The number of nitriles is 1. The third-order valence-corrected chi connectivity index (χ3v) is 5.27. The van der Waals surface area contributed by atoms with E-state index in [1.807, 2.05) is 6.08 Å². The van der Waals surface area contributed by atoms with Crippen molar-refractivity contribution in [1.82, 2.24) is 14.9 Å². The number of rotatable bonds is 4. The molecule has 1 aromatic heterocycles. The number of anilines is 1. The molecule has 6 nitrogen and oxygen atoms in total. The molecule has 2 aromatic rings. The van der Waals surface area contributed by atoms with Crippen LogP contribution in [0, 0.1) is 17.1 Å². The monoisotopic (exact) mass is 379 g/mol. The Kier molecular flexibility index (Phi) is 5.33. The molecule has 1 unspecified atom stereocenters. The summed E-state index contributed by atoms with van der Waals surface area (Å²) in [5.74, 6) is 0.416. The van der Waals surface area contributed by atoms with E-state index in [-0.39, 0.29) is 11.4 Å². The number of morpholine rings is 1. The van der Waals surface area contributed by atoms with Crippen LogP contribution in [0.4, 0.5) is 10.2 Å². The highest BCUT2D eigenvalue weighted by Gasteiger charge is 2.43. The number of nitrogens with zero attached hydrogens (tertiary/aromatic N) is 5. The molecule has 1 aromatic carbocycles. The van der Waals surface area contributed by atoms with Crippen LogP contribution in [0.5, 0.6) is 0 Å². The van der Waals surface area contributed by atoms with Gasteiger partial charge in [0.2, 0.25) is 0 Å². The number of benzene rings is 1. The van der Waals surface area contributed by atoms with E-state index >= 15 is 0 Å². The highest BCUT2D eigenvalue weighted by Crippen LogP contribution is 2.32. The highest BCUT2D eigenvalue weighted by atomic mass is 19.1. The number of aromatic nitrogens is 2. The lowest BCUT2D eigenvalue weighted by Gasteiger charge is -2.40. The molecule has 1 spiro atoms. The van der Waals surface area contributed by atoms with Crippen molar-refractivity contribution in [2.75, 3.05) is 44.2 Å². The van der Waals surface area contributed by atoms with Crippen molar-refractivity contribution in [3.8, 4) is 6.07 Å². The van der Waals surface area contributed by atoms with Crippen molar-refractivity contribution >= 4 is 11.9 Å². The second-order valence-electron chi connectivity index (χ2n) is 7.23. The van der Waals surface area contributed by atoms with Crippen molar-refractivity contribution in [1.29, 1.82) is 5.26 Å². The maximum atomic E-state index is 13.0. The Morgan fingerprint density at radius 3 is 2.82 bits per heavy atom. The lowest BCUT2D eigenvalue weighted by Crippen LogP contribution is -2.53. The fourth-order valence-electron chi connectivity index (χ4n) is 3.90. The predicted octanol–water partition coefficient (Wildman–Crippen LogP) is 2.48. The zero-order valence-electron chi connectivity index (χ0n) is 15.6. The summed E-state index contributed by atoms with van der Waals surface area (Å²) in [6.45, 7) is 4.72. The van der Waals surface area contributed by atoms with E-state index in [0.29, 0.717) is 24.7 Å². The van der Waals surface area contributed by atoms with E-state index in [4.69, 9.17) is 4.74 Å². The zero-order valence-corrected chi connectivity index (χ0v) is 15.6. The van der Waals surface area contributed by atoms with Crippen LogP contribution in [0.25, 0.3) is 6.08 Å². The third-order valence-electron chi connectivity index (χ3n) is 5.27. The highest BCUT2D eigenvalue weighted by molar-refractivity contribution is 5.51. The first-order chi connectivity index (χ1) is 13.7. The first-order valence-corrected chi connectivity index (χ1v) is 9.42. The molecular weight excluding hydrogens is 357 g/mol. The average Bonchev–Trinajstić information content (AvgIpc) is 3.12. The Bertz CT molecular complexity index is 894. The Hall–Kier alpha value is -2.82. The lowest BCUT2D eigenvalue weighted by molar-refractivity contribution is -0.0923. The molecule has 0 radical (unpaired) electrons. The minimum absolute atomic E-state index is 0.222. The zero-order chi connectivity index (χ0) is 19.4. The van der Waals surface area contributed by atoms with Gasteiger partial charge in [0, 0.05) is 45.1 Å². The molecular formula is C21H22FN5O. The van der Waals surface area contributed by atoms with Gasteiger partial charge in [0.1, 0.15) is 17.5 Å². The minimum atomic E-state index is -0.244. The van der Waals surface area contributed by atoms with Crippen molar-refractivity contribution in [2.45, 2.75) is 12.0 Å². The van der Waals surface area contributed by atoms with Gasteiger partial charge < -0.3 is 9.64 Å². The van der Waals surface area contributed by atoms with Crippen molar-refractivity contribution in [2.24, 2.45) is 0 Å². The van der Waals surface area contributed by atoms with Gasteiger partial charge in [-0.15, -0.1) is 0 Å². The minimum Gasteiger partial charge on any atom is -0.370 e.